The average Bonchev–Trinajstić information content (AvgIpc) is 2.81. The second kappa shape index (κ2) is 10.3. The molecule has 33 heavy (non-hydrogen) atoms. The van der Waals surface area contributed by atoms with E-state index in [9.17, 15) is 10.1 Å². The van der Waals surface area contributed by atoms with Crippen molar-refractivity contribution in [1.82, 2.24) is 15.0 Å². The maximum absolute atomic E-state index is 11.0. The van der Waals surface area contributed by atoms with Crippen molar-refractivity contribution in [2.24, 2.45) is 5.10 Å². The van der Waals surface area contributed by atoms with Gasteiger partial charge in [-0.2, -0.15) is 20.1 Å². The summed E-state index contributed by atoms with van der Waals surface area (Å²) >= 11 is 3.55. The average molecular weight is 513 g/mol. The molecule has 0 saturated carbocycles. The second-order valence-electron chi connectivity index (χ2n) is 7.21. The molecule has 2 heterocycles. The SMILES string of the molecule is Cc1ccc(Nc2nc(NN=Cc3cccc([N+](=O)[O-])c3)nc(N3CCOCC3)n2)c(Br)c1. The third-order valence-electron chi connectivity index (χ3n) is 4.75. The molecule has 4 rings (SSSR count). The van der Waals surface area contributed by atoms with Crippen molar-refractivity contribution in [2.45, 2.75) is 6.92 Å². The molecule has 0 bridgehead atoms. The summed E-state index contributed by atoms with van der Waals surface area (Å²) in [6.07, 6.45) is 1.47. The van der Waals surface area contributed by atoms with Crippen LogP contribution in [-0.4, -0.2) is 52.4 Å². The van der Waals surface area contributed by atoms with Crippen LogP contribution in [0.15, 0.2) is 52.0 Å². The van der Waals surface area contributed by atoms with Gasteiger partial charge in [0.2, 0.25) is 17.8 Å². The molecular formula is C21H21BrN8O3. The number of halogens is 1. The minimum Gasteiger partial charge on any atom is -0.378 e. The normalized spacial score (nSPS) is 13.8. The van der Waals surface area contributed by atoms with Gasteiger partial charge in [-0.05, 0) is 40.5 Å². The minimum atomic E-state index is -0.452. The van der Waals surface area contributed by atoms with Gasteiger partial charge >= 0.3 is 0 Å². The van der Waals surface area contributed by atoms with Gasteiger partial charge in [-0.15, -0.1) is 0 Å². The molecule has 11 nitrogen and oxygen atoms in total. The summed E-state index contributed by atoms with van der Waals surface area (Å²) in [6.45, 7) is 4.51. The fraction of sp³-hybridized carbons (Fsp3) is 0.238. The third kappa shape index (κ3) is 5.99. The number of hydrogen-bond acceptors (Lipinski definition) is 10. The molecule has 1 saturated heterocycles. The standard InChI is InChI=1S/C21H21BrN8O3/c1-14-5-6-18(17(22)11-14)24-19-25-20(27-21(26-19)29-7-9-33-10-8-29)28-23-13-15-3-2-4-16(12-15)30(31)32/h2-6,11-13H,7-10H2,1H3,(H2,24,25,26,27,28). The number of non-ortho nitro benzene ring substituents is 1. The molecule has 2 aromatic carbocycles. The summed E-state index contributed by atoms with van der Waals surface area (Å²) < 4.78 is 6.31. The first-order valence-electron chi connectivity index (χ1n) is 10.1. The topological polar surface area (TPSA) is 131 Å². The van der Waals surface area contributed by atoms with Crippen molar-refractivity contribution in [1.29, 1.82) is 0 Å². The van der Waals surface area contributed by atoms with Crippen LogP contribution in [0.5, 0.6) is 0 Å². The Kier molecular flexibility index (Phi) is 7.05. The fourth-order valence-electron chi connectivity index (χ4n) is 3.10. The molecule has 0 aliphatic carbocycles. The molecule has 1 aromatic heterocycles. The number of ether oxygens (including phenoxy) is 1. The van der Waals surface area contributed by atoms with Crippen molar-refractivity contribution >= 4 is 51.4 Å². The van der Waals surface area contributed by atoms with Crippen LogP contribution < -0.4 is 15.6 Å². The zero-order valence-corrected chi connectivity index (χ0v) is 19.3. The van der Waals surface area contributed by atoms with E-state index in [0.29, 0.717) is 43.8 Å². The number of rotatable bonds is 7. The number of hydrogen-bond donors (Lipinski definition) is 2. The van der Waals surface area contributed by atoms with E-state index in [1.165, 1.54) is 18.3 Å². The van der Waals surface area contributed by atoms with Crippen LogP contribution in [0.4, 0.5) is 29.2 Å². The Hall–Kier alpha value is -3.64. The van der Waals surface area contributed by atoms with Gasteiger partial charge in [-0.1, -0.05) is 18.2 Å². The van der Waals surface area contributed by atoms with Crippen LogP contribution in [0, 0.1) is 17.0 Å². The maximum Gasteiger partial charge on any atom is 0.270 e. The molecule has 12 heteroatoms. The summed E-state index contributed by atoms with van der Waals surface area (Å²) in [7, 11) is 0. The second-order valence-corrected chi connectivity index (χ2v) is 8.07. The highest BCUT2D eigenvalue weighted by molar-refractivity contribution is 9.10. The quantitative estimate of drug-likeness (QED) is 0.275. The first-order valence-corrected chi connectivity index (χ1v) is 10.9. The third-order valence-corrected chi connectivity index (χ3v) is 5.40. The number of nitrogens with zero attached hydrogens (tertiary/aromatic N) is 6. The number of hydrazone groups is 1. The predicted octanol–water partition coefficient (Wildman–Crippen LogP) is 3.88. The molecule has 3 aromatic rings. The van der Waals surface area contributed by atoms with Gasteiger partial charge in [-0.25, -0.2) is 5.43 Å². The van der Waals surface area contributed by atoms with Crippen LogP contribution >= 0.6 is 15.9 Å². The Labute approximate surface area is 198 Å². The zero-order chi connectivity index (χ0) is 23.2. The molecule has 0 radical (unpaired) electrons. The van der Waals surface area contributed by atoms with Crippen LogP contribution in [0.2, 0.25) is 0 Å². The van der Waals surface area contributed by atoms with E-state index < -0.39 is 4.92 Å². The molecule has 1 aliphatic heterocycles. The molecular weight excluding hydrogens is 492 g/mol. The van der Waals surface area contributed by atoms with Crippen molar-refractivity contribution in [3.8, 4) is 0 Å². The first kappa shape index (κ1) is 22.6. The lowest BCUT2D eigenvalue weighted by molar-refractivity contribution is -0.384. The van der Waals surface area contributed by atoms with Gasteiger partial charge in [0.25, 0.3) is 5.69 Å². The van der Waals surface area contributed by atoms with Gasteiger partial charge < -0.3 is 15.0 Å². The summed E-state index contributed by atoms with van der Waals surface area (Å²) in [5, 5.41) is 18.3. The number of aryl methyl sites for hydroxylation is 1. The van der Waals surface area contributed by atoms with Crippen LogP contribution in [-0.2, 0) is 4.74 Å². The Morgan fingerprint density at radius 3 is 2.70 bits per heavy atom. The van der Waals surface area contributed by atoms with Crippen LogP contribution in [0.25, 0.3) is 0 Å². The van der Waals surface area contributed by atoms with E-state index in [2.05, 4.69) is 46.7 Å². The number of nitro groups is 1. The highest BCUT2D eigenvalue weighted by Gasteiger charge is 2.17. The molecule has 0 amide bonds. The van der Waals surface area contributed by atoms with E-state index in [1.807, 2.05) is 30.0 Å². The van der Waals surface area contributed by atoms with E-state index in [4.69, 9.17) is 4.74 Å². The molecule has 170 valence electrons. The maximum atomic E-state index is 11.0. The monoisotopic (exact) mass is 512 g/mol. The van der Waals surface area contributed by atoms with Crippen molar-refractivity contribution in [2.75, 3.05) is 41.9 Å². The fourth-order valence-corrected chi connectivity index (χ4v) is 3.69. The van der Waals surface area contributed by atoms with E-state index in [0.717, 1.165) is 15.7 Å². The van der Waals surface area contributed by atoms with Gasteiger partial charge in [0, 0.05) is 35.3 Å². The molecule has 0 spiro atoms. The summed E-state index contributed by atoms with van der Waals surface area (Å²) in [6, 6.07) is 12.1. The number of benzene rings is 2. The highest BCUT2D eigenvalue weighted by Crippen LogP contribution is 2.26. The number of morpholine rings is 1. The summed E-state index contributed by atoms with van der Waals surface area (Å²) in [4.78, 5) is 26.0. The summed E-state index contributed by atoms with van der Waals surface area (Å²) in [5.41, 5.74) is 5.29. The Balaban J connectivity index is 1.58. The number of nitrogens with one attached hydrogen (secondary N) is 2. The molecule has 0 unspecified atom stereocenters. The zero-order valence-electron chi connectivity index (χ0n) is 17.7. The van der Waals surface area contributed by atoms with Gasteiger partial charge in [0.1, 0.15) is 0 Å². The molecule has 2 N–H and O–H groups in total. The molecule has 0 atom stereocenters. The lowest BCUT2D eigenvalue weighted by Gasteiger charge is -2.27. The van der Waals surface area contributed by atoms with Crippen LogP contribution in [0.1, 0.15) is 11.1 Å². The van der Waals surface area contributed by atoms with E-state index in [1.54, 1.807) is 12.1 Å². The van der Waals surface area contributed by atoms with Crippen molar-refractivity contribution in [3.05, 3.63) is 68.2 Å². The minimum absolute atomic E-state index is 0.0103. The lowest BCUT2D eigenvalue weighted by Crippen LogP contribution is -2.37. The number of aromatic nitrogens is 3. The van der Waals surface area contributed by atoms with Gasteiger partial charge in [0.15, 0.2) is 0 Å². The van der Waals surface area contributed by atoms with E-state index >= 15 is 0 Å². The highest BCUT2D eigenvalue weighted by atomic mass is 79.9. The Morgan fingerprint density at radius 2 is 1.94 bits per heavy atom. The Morgan fingerprint density at radius 1 is 1.15 bits per heavy atom. The Bertz CT molecular complexity index is 1180. The molecule has 1 aliphatic rings. The van der Waals surface area contributed by atoms with Crippen molar-refractivity contribution in [3.63, 3.8) is 0 Å². The van der Waals surface area contributed by atoms with E-state index in [-0.39, 0.29) is 11.6 Å². The van der Waals surface area contributed by atoms with Gasteiger partial charge in [0.05, 0.1) is 30.0 Å². The first-order chi connectivity index (χ1) is 16.0. The summed E-state index contributed by atoms with van der Waals surface area (Å²) in [5.74, 6) is 1.08. The van der Waals surface area contributed by atoms with Gasteiger partial charge in [-0.3, -0.25) is 10.1 Å². The van der Waals surface area contributed by atoms with Crippen molar-refractivity contribution < 1.29 is 9.66 Å². The number of nitro benzene ring substituents is 1. The largest absolute Gasteiger partial charge is 0.378 e. The van der Waals surface area contributed by atoms with Crippen LogP contribution in [0.3, 0.4) is 0 Å². The smallest absolute Gasteiger partial charge is 0.270 e. The number of anilines is 4. The lowest BCUT2D eigenvalue weighted by atomic mass is 10.2. The predicted molar refractivity (Wildman–Crippen MR) is 129 cm³/mol. The molecule has 1 fully saturated rings.